The first-order valence-corrected chi connectivity index (χ1v) is 6.84. The van der Waals surface area contributed by atoms with E-state index in [4.69, 9.17) is 10.5 Å². The summed E-state index contributed by atoms with van der Waals surface area (Å²) in [5.41, 5.74) is 6.31. The zero-order chi connectivity index (χ0) is 14.5. The molecule has 5 heteroatoms. The van der Waals surface area contributed by atoms with Crippen LogP contribution in [0.15, 0.2) is 30.3 Å². The number of benzene rings is 1. The number of carbonyl (C=O) groups excluding carboxylic acids is 2. The summed E-state index contributed by atoms with van der Waals surface area (Å²) in [5.74, 6) is -0.802. The van der Waals surface area contributed by atoms with Crippen LogP contribution in [0.25, 0.3) is 0 Å². The van der Waals surface area contributed by atoms with E-state index in [1.54, 1.807) is 4.90 Å². The highest BCUT2D eigenvalue weighted by Crippen LogP contribution is 2.31. The van der Waals surface area contributed by atoms with Crippen molar-refractivity contribution in [3.8, 4) is 0 Å². The second-order valence-electron chi connectivity index (χ2n) is 5.01. The molecule has 20 heavy (non-hydrogen) atoms. The predicted molar refractivity (Wildman–Crippen MR) is 75.1 cm³/mol. The molecule has 2 N–H and O–H groups in total. The summed E-state index contributed by atoms with van der Waals surface area (Å²) >= 11 is 0. The fourth-order valence-electron chi connectivity index (χ4n) is 2.88. The van der Waals surface area contributed by atoms with Gasteiger partial charge in [-0.25, -0.2) is 4.79 Å². The van der Waals surface area contributed by atoms with Crippen LogP contribution < -0.4 is 5.73 Å². The van der Waals surface area contributed by atoms with Gasteiger partial charge in [-0.05, 0) is 24.8 Å². The van der Waals surface area contributed by atoms with E-state index in [9.17, 15) is 9.59 Å². The predicted octanol–water partition coefficient (Wildman–Crippen LogP) is 1.88. The van der Waals surface area contributed by atoms with Crippen LogP contribution in [0.5, 0.6) is 0 Å². The van der Waals surface area contributed by atoms with Crippen LogP contribution in [0.4, 0.5) is 4.79 Å². The Labute approximate surface area is 118 Å². The maximum absolute atomic E-state index is 12.2. The summed E-state index contributed by atoms with van der Waals surface area (Å²) in [6, 6.07) is 8.72. The lowest BCUT2D eigenvalue weighted by Crippen LogP contribution is -2.50. The van der Waals surface area contributed by atoms with Crippen molar-refractivity contribution in [3.63, 3.8) is 0 Å². The molecule has 5 nitrogen and oxygen atoms in total. The molecule has 2 rings (SSSR count). The van der Waals surface area contributed by atoms with E-state index in [0.717, 1.165) is 24.8 Å². The third kappa shape index (κ3) is 2.92. The number of piperidine rings is 1. The van der Waals surface area contributed by atoms with Gasteiger partial charge in [0.1, 0.15) is 5.92 Å². The summed E-state index contributed by atoms with van der Waals surface area (Å²) in [7, 11) is 1.37. The normalized spacial score (nSPS) is 20.2. The largest absolute Gasteiger partial charge is 0.468 e. The molecule has 2 amide bonds. The first-order valence-electron chi connectivity index (χ1n) is 6.84. The number of carbonyl (C=O) groups is 2. The van der Waals surface area contributed by atoms with Crippen molar-refractivity contribution in [3.05, 3.63) is 35.9 Å². The van der Waals surface area contributed by atoms with Crippen molar-refractivity contribution in [2.75, 3.05) is 13.7 Å². The maximum atomic E-state index is 12.2. The number of methoxy groups -OCH3 is 1. The number of amides is 2. The van der Waals surface area contributed by atoms with Gasteiger partial charge in [-0.15, -0.1) is 0 Å². The topological polar surface area (TPSA) is 72.6 Å². The van der Waals surface area contributed by atoms with Gasteiger partial charge in [-0.2, -0.15) is 0 Å². The van der Waals surface area contributed by atoms with Gasteiger partial charge in [0.05, 0.1) is 13.2 Å². The summed E-state index contributed by atoms with van der Waals surface area (Å²) in [6.45, 7) is 0.598. The fraction of sp³-hybridized carbons (Fsp3) is 0.467. The maximum Gasteiger partial charge on any atom is 0.315 e. The van der Waals surface area contributed by atoms with Crippen molar-refractivity contribution in [1.82, 2.24) is 4.90 Å². The number of ether oxygens (including phenoxy) is 1. The minimum atomic E-state index is -0.478. The molecule has 2 atom stereocenters. The highest BCUT2D eigenvalue weighted by molar-refractivity contribution is 5.81. The van der Waals surface area contributed by atoms with Gasteiger partial charge in [-0.3, -0.25) is 4.79 Å². The highest BCUT2D eigenvalue weighted by Gasteiger charge is 2.37. The van der Waals surface area contributed by atoms with Crippen LogP contribution in [-0.4, -0.2) is 36.6 Å². The third-order valence-electron chi connectivity index (χ3n) is 3.83. The lowest BCUT2D eigenvalue weighted by molar-refractivity contribution is -0.144. The molecule has 2 unspecified atom stereocenters. The Balaban J connectivity index is 2.35. The van der Waals surface area contributed by atoms with Gasteiger partial charge in [0.15, 0.2) is 0 Å². The average molecular weight is 276 g/mol. The summed E-state index contributed by atoms with van der Waals surface area (Å²) in [5, 5.41) is 0. The lowest BCUT2D eigenvalue weighted by Gasteiger charge is -2.38. The SMILES string of the molecule is COC(=O)C(c1ccccc1)C1CCCCN1C(N)=O. The monoisotopic (exact) mass is 276 g/mol. The Morgan fingerprint density at radius 2 is 2.00 bits per heavy atom. The zero-order valence-corrected chi connectivity index (χ0v) is 11.6. The number of urea groups is 1. The van der Waals surface area contributed by atoms with E-state index >= 15 is 0 Å². The fourth-order valence-corrected chi connectivity index (χ4v) is 2.88. The number of primary amides is 1. The number of esters is 1. The Kier molecular flexibility index (Phi) is 4.61. The van der Waals surface area contributed by atoms with E-state index < -0.39 is 11.9 Å². The van der Waals surface area contributed by atoms with Gasteiger partial charge in [0.2, 0.25) is 0 Å². The Morgan fingerprint density at radius 3 is 2.60 bits per heavy atom. The van der Waals surface area contributed by atoms with Crippen molar-refractivity contribution in [2.45, 2.75) is 31.2 Å². The molecule has 1 saturated heterocycles. The van der Waals surface area contributed by atoms with Crippen LogP contribution >= 0.6 is 0 Å². The molecule has 1 aromatic carbocycles. The van der Waals surface area contributed by atoms with Crippen molar-refractivity contribution in [2.24, 2.45) is 5.73 Å². The molecule has 1 aliphatic heterocycles. The molecular weight excluding hydrogens is 256 g/mol. The minimum absolute atomic E-state index is 0.226. The third-order valence-corrected chi connectivity index (χ3v) is 3.83. The average Bonchev–Trinajstić information content (AvgIpc) is 2.48. The highest BCUT2D eigenvalue weighted by atomic mass is 16.5. The second kappa shape index (κ2) is 6.41. The molecule has 0 aliphatic carbocycles. The van der Waals surface area contributed by atoms with Crippen molar-refractivity contribution >= 4 is 12.0 Å². The smallest absolute Gasteiger partial charge is 0.315 e. The molecule has 0 radical (unpaired) electrons. The van der Waals surface area contributed by atoms with Crippen LogP contribution in [0.3, 0.4) is 0 Å². The van der Waals surface area contributed by atoms with Crippen LogP contribution in [-0.2, 0) is 9.53 Å². The number of likely N-dealkylation sites (tertiary alicyclic amines) is 1. The number of nitrogens with zero attached hydrogens (tertiary/aromatic N) is 1. The molecule has 1 aromatic rings. The molecule has 0 spiro atoms. The van der Waals surface area contributed by atoms with Crippen molar-refractivity contribution < 1.29 is 14.3 Å². The molecule has 108 valence electrons. The number of rotatable bonds is 3. The quantitative estimate of drug-likeness (QED) is 0.857. The van der Waals surface area contributed by atoms with E-state index in [1.165, 1.54) is 7.11 Å². The lowest BCUT2D eigenvalue weighted by atomic mass is 9.85. The Bertz CT molecular complexity index is 475. The Hall–Kier alpha value is -2.04. The first kappa shape index (κ1) is 14.4. The van der Waals surface area contributed by atoms with Gasteiger partial charge in [0.25, 0.3) is 0 Å². The Morgan fingerprint density at radius 1 is 1.30 bits per heavy atom. The first-order chi connectivity index (χ1) is 9.65. The number of hydrogen-bond acceptors (Lipinski definition) is 3. The van der Waals surface area contributed by atoms with E-state index in [1.807, 2.05) is 30.3 Å². The standard InChI is InChI=1S/C15H20N2O3/c1-20-14(18)13(11-7-3-2-4-8-11)12-9-5-6-10-17(12)15(16)19/h2-4,7-8,12-13H,5-6,9-10H2,1H3,(H2,16,19). The van der Waals surface area contributed by atoms with Crippen LogP contribution in [0, 0.1) is 0 Å². The number of hydrogen-bond donors (Lipinski definition) is 1. The molecule has 1 heterocycles. The van der Waals surface area contributed by atoms with Gasteiger partial charge < -0.3 is 15.4 Å². The van der Waals surface area contributed by atoms with Gasteiger partial charge >= 0.3 is 12.0 Å². The molecule has 0 aromatic heterocycles. The molecular formula is C15H20N2O3. The molecule has 0 bridgehead atoms. The van der Waals surface area contributed by atoms with Crippen LogP contribution in [0.2, 0.25) is 0 Å². The van der Waals surface area contributed by atoms with Crippen LogP contribution in [0.1, 0.15) is 30.7 Å². The summed E-state index contributed by atoms with van der Waals surface area (Å²) < 4.78 is 4.93. The van der Waals surface area contributed by atoms with E-state index in [0.29, 0.717) is 6.54 Å². The minimum Gasteiger partial charge on any atom is -0.468 e. The summed E-state index contributed by atoms with van der Waals surface area (Å²) in [6.07, 6.45) is 2.66. The van der Waals surface area contributed by atoms with Crippen molar-refractivity contribution in [1.29, 1.82) is 0 Å². The summed E-state index contributed by atoms with van der Waals surface area (Å²) in [4.78, 5) is 25.4. The van der Waals surface area contributed by atoms with E-state index in [2.05, 4.69) is 0 Å². The van der Waals surface area contributed by atoms with E-state index in [-0.39, 0.29) is 12.0 Å². The zero-order valence-electron chi connectivity index (χ0n) is 11.6. The van der Waals surface area contributed by atoms with Gasteiger partial charge in [-0.1, -0.05) is 30.3 Å². The second-order valence-corrected chi connectivity index (χ2v) is 5.01. The molecule has 1 aliphatic rings. The molecule has 0 saturated carbocycles. The number of nitrogens with two attached hydrogens (primary N) is 1. The molecule has 1 fully saturated rings. The van der Waals surface area contributed by atoms with Gasteiger partial charge in [0, 0.05) is 6.54 Å².